The van der Waals surface area contributed by atoms with Crippen LogP contribution in [0.3, 0.4) is 0 Å². The van der Waals surface area contributed by atoms with E-state index in [1.54, 1.807) is 4.90 Å². The van der Waals surface area contributed by atoms with Gasteiger partial charge in [0.25, 0.3) is 0 Å². The van der Waals surface area contributed by atoms with Gasteiger partial charge < -0.3 is 9.64 Å². The van der Waals surface area contributed by atoms with Crippen LogP contribution in [-0.2, 0) is 20.7 Å². The zero-order chi connectivity index (χ0) is 17.5. The van der Waals surface area contributed by atoms with E-state index in [0.29, 0.717) is 25.9 Å². The second-order valence-corrected chi connectivity index (χ2v) is 6.16. The largest absolute Gasteiger partial charge is 0.469 e. The van der Waals surface area contributed by atoms with Crippen molar-refractivity contribution in [1.29, 1.82) is 0 Å². The molecule has 1 amide bonds. The van der Waals surface area contributed by atoms with Gasteiger partial charge in [-0.3, -0.25) is 9.59 Å². The number of nitrogens with zero attached hydrogens (tertiary/aromatic N) is 1. The maximum absolute atomic E-state index is 13.7. The van der Waals surface area contributed by atoms with Crippen molar-refractivity contribution >= 4 is 11.9 Å². The Morgan fingerprint density at radius 1 is 1.25 bits per heavy atom. The number of esters is 1. The van der Waals surface area contributed by atoms with Gasteiger partial charge in [-0.15, -0.1) is 0 Å². The molecule has 1 aliphatic heterocycles. The Balaban J connectivity index is 1.84. The Labute approximate surface area is 140 Å². The van der Waals surface area contributed by atoms with Gasteiger partial charge in [0, 0.05) is 25.1 Å². The molecule has 0 radical (unpaired) electrons. The molecule has 0 aromatic heterocycles. The number of piperidine rings is 1. The van der Waals surface area contributed by atoms with Crippen molar-refractivity contribution in [2.45, 2.75) is 38.5 Å². The highest BCUT2D eigenvalue weighted by Crippen LogP contribution is 2.24. The lowest BCUT2D eigenvalue weighted by atomic mass is 9.91. The molecule has 2 rings (SSSR count). The van der Waals surface area contributed by atoms with E-state index in [9.17, 15) is 18.4 Å². The van der Waals surface area contributed by atoms with Gasteiger partial charge in [0.05, 0.1) is 13.5 Å². The molecule has 1 saturated heterocycles. The molecule has 6 heteroatoms. The van der Waals surface area contributed by atoms with Crippen molar-refractivity contribution in [3.05, 3.63) is 35.4 Å². The van der Waals surface area contributed by atoms with E-state index in [0.717, 1.165) is 12.8 Å². The molecule has 0 bridgehead atoms. The van der Waals surface area contributed by atoms with E-state index in [1.165, 1.54) is 25.3 Å². The molecule has 132 valence electrons. The van der Waals surface area contributed by atoms with Crippen LogP contribution in [0.1, 0.15) is 37.7 Å². The van der Waals surface area contributed by atoms with Crippen LogP contribution in [0.2, 0.25) is 0 Å². The van der Waals surface area contributed by atoms with Crippen molar-refractivity contribution < 1.29 is 23.1 Å². The predicted molar refractivity (Wildman–Crippen MR) is 85.2 cm³/mol. The predicted octanol–water partition coefficient (Wildman–Crippen LogP) is 3.09. The van der Waals surface area contributed by atoms with E-state index in [2.05, 4.69) is 4.74 Å². The van der Waals surface area contributed by atoms with Gasteiger partial charge in [-0.1, -0.05) is 6.07 Å². The molecule has 1 heterocycles. The average molecular weight is 339 g/mol. The Kier molecular flexibility index (Phi) is 6.70. The maximum atomic E-state index is 13.7. The molecule has 24 heavy (non-hydrogen) atoms. The second kappa shape index (κ2) is 8.76. The summed E-state index contributed by atoms with van der Waals surface area (Å²) in [6.07, 6.45) is 3.00. The number of hydrogen-bond donors (Lipinski definition) is 0. The van der Waals surface area contributed by atoms with E-state index in [4.69, 9.17) is 0 Å². The van der Waals surface area contributed by atoms with Crippen molar-refractivity contribution in [2.24, 2.45) is 5.92 Å². The van der Waals surface area contributed by atoms with Gasteiger partial charge in [-0.2, -0.15) is 0 Å². The van der Waals surface area contributed by atoms with Crippen molar-refractivity contribution in [1.82, 2.24) is 4.90 Å². The number of likely N-dealkylation sites (tertiary alicyclic amines) is 1. The fraction of sp³-hybridized carbons (Fsp3) is 0.556. The number of amides is 1. The number of carbonyl (C=O) groups is 2. The lowest BCUT2D eigenvalue weighted by molar-refractivity contribution is -0.144. The summed E-state index contributed by atoms with van der Waals surface area (Å²) >= 11 is 0. The summed E-state index contributed by atoms with van der Waals surface area (Å²) in [5.74, 6) is -1.28. The summed E-state index contributed by atoms with van der Waals surface area (Å²) < 4.78 is 31.9. The lowest BCUT2D eigenvalue weighted by Gasteiger charge is -2.33. The quantitative estimate of drug-likeness (QED) is 0.748. The van der Waals surface area contributed by atoms with Gasteiger partial charge in [0.1, 0.15) is 11.6 Å². The molecule has 0 N–H and O–H groups in total. The van der Waals surface area contributed by atoms with Crippen LogP contribution in [0.5, 0.6) is 0 Å². The fourth-order valence-electron chi connectivity index (χ4n) is 3.12. The standard InChI is InChI=1S/C18H23F2NO3/c1-24-18(23)10-9-17(22)21-11-3-4-13(12-21)7-8-14-15(19)5-2-6-16(14)20/h2,5-6,13H,3-4,7-12H2,1H3/t13-/m0/s1. The second-order valence-electron chi connectivity index (χ2n) is 6.16. The first kappa shape index (κ1) is 18.4. The normalized spacial score (nSPS) is 17.6. The monoisotopic (exact) mass is 339 g/mol. The zero-order valence-electron chi connectivity index (χ0n) is 13.9. The molecular weight excluding hydrogens is 316 g/mol. The molecule has 1 fully saturated rings. The van der Waals surface area contributed by atoms with Crippen LogP contribution in [0, 0.1) is 17.6 Å². The summed E-state index contributed by atoms with van der Waals surface area (Å²) in [6, 6.07) is 3.89. The Hall–Kier alpha value is -1.98. The highest BCUT2D eigenvalue weighted by atomic mass is 19.1. The summed E-state index contributed by atoms with van der Waals surface area (Å²) in [5.41, 5.74) is 0.117. The molecule has 1 aromatic carbocycles. The SMILES string of the molecule is COC(=O)CCC(=O)N1CCC[C@@H](CCc2c(F)cccc2F)C1. The number of carbonyl (C=O) groups excluding carboxylic acids is 2. The summed E-state index contributed by atoms with van der Waals surface area (Å²) in [4.78, 5) is 25.0. The minimum atomic E-state index is -0.517. The van der Waals surface area contributed by atoms with Crippen LogP contribution in [-0.4, -0.2) is 37.0 Å². The summed E-state index contributed by atoms with van der Waals surface area (Å²) in [5, 5.41) is 0. The number of halogens is 2. The first-order valence-electron chi connectivity index (χ1n) is 8.28. The maximum Gasteiger partial charge on any atom is 0.306 e. The van der Waals surface area contributed by atoms with E-state index < -0.39 is 17.6 Å². The Morgan fingerprint density at radius 3 is 2.62 bits per heavy atom. The van der Waals surface area contributed by atoms with Crippen LogP contribution in [0.15, 0.2) is 18.2 Å². The molecule has 0 aliphatic carbocycles. The third-order valence-corrected chi connectivity index (χ3v) is 4.51. The van der Waals surface area contributed by atoms with Crippen LogP contribution in [0.4, 0.5) is 8.78 Å². The number of benzene rings is 1. The number of hydrogen-bond acceptors (Lipinski definition) is 3. The third kappa shape index (κ3) is 5.01. The van der Waals surface area contributed by atoms with Crippen LogP contribution < -0.4 is 0 Å². The number of ether oxygens (including phenoxy) is 1. The van der Waals surface area contributed by atoms with E-state index in [1.807, 2.05) is 0 Å². The molecule has 0 unspecified atom stereocenters. The summed E-state index contributed by atoms with van der Waals surface area (Å²) in [7, 11) is 1.30. The molecule has 1 aliphatic rings. The fourth-order valence-corrected chi connectivity index (χ4v) is 3.12. The third-order valence-electron chi connectivity index (χ3n) is 4.51. The van der Waals surface area contributed by atoms with Gasteiger partial charge >= 0.3 is 5.97 Å². The first-order valence-corrected chi connectivity index (χ1v) is 8.28. The average Bonchev–Trinajstić information content (AvgIpc) is 2.59. The van der Waals surface area contributed by atoms with E-state index in [-0.39, 0.29) is 30.2 Å². The van der Waals surface area contributed by atoms with Crippen LogP contribution in [0.25, 0.3) is 0 Å². The van der Waals surface area contributed by atoms with Gasteiger partial charge in [0.15, 0.2) is 0 Å². The highest BCUT2D eigenvalue weighted by molar-refractivity contribution is 5.81. The number of rotatable bonds is 6. The smallest absolute Gasteiger partial charge is 0.306 e. The van der Waals surface area contributed by atoms with Gasteiger partial charge in [-0.25, -0.2) is 8.78 Å². The minimum absolute atomic E-state index is 0.0674. The molecule has 0 saturated carbocycles. The zero-order valence-corrected chi connectivity index (χ0v) is 13.9. The van der Waals surface area contributed by atoms with Crippen molar-refractivity contribution in [3.8, 4) is 0 Å². The number of methoxy groups -OCH3 is 1. The van der Waals surface area contributed by atoms with Gasteiger partial charge in [-0.05, 0) is 43.7 Å². The van der Waals surface area contributed by atoms with Crippen molar-refractivity contribution in [2.75, 3.05) is 20.2 Å². The highest BCUT2D eigenvalue weighted by Gasteiger charge is 2.24. The van der Waals surface area contributed by atoms with Gasteiger partial charge in [0.2, 0.25) is 5.91 Å². The van der Waals surface area contributed by atoms with E-state index >= 15 is 0 Å². The summed E-state index contributed by atoms with van der Waals surface area (Å²) in [6.45, 7) is 1.25. The van der Waals surface area contributed by atoms with Crippen molar-refractivity contribution in [3.63, 3.8) is 0 Å². The molecule has 1 aromatic rings. The molecule has 0 spiro atoms. The Bertz CT molecular complexity index is 571. The molecule has 1 atom stereocenters. The van der Waals surface area contributed by atoms with Crippen LogP contribution >= 0.6 is 0 Å². The first-order chi connectivity index (χ1) is 11.5. The Morgan fingerprint density at radius 2 is 1.96 bits per heavy atom. The lowest BCUT2D eigenvalue weighted by Crippen LogP contribution is -2.40. The minimum Gasteiger partial charge on any atom is -0.469 e. The molecular formula is C18H23F2NO3. The molecule has 4 nitrogen and oxygen atoms in total. The topological polar surface area (TPSA) is 46.6 Å².